The van der Waals surface area contributed by atoms with Gasteiger partial charge < -0.3 is 14.2 Å². The van der Waals surface area contributed by atoms with E-state index in [1.54, 1.807) is 0 Å². The van der Waals surface area contributed by atoms with Gasteiger partial charge in [-0.25, -0.2) is 0 Å². The molecule has 0 rings (SSSR count). The highest BCUT2D eigenvalue weighted by molar-refractivity contribution is 5.71. The normalized spacial score (nSPS) is 12.2. The van der Waals surface area contributed by atoms with Gasteiger partial charge in [0, 0.05) is 19.3 Å². The fourth-order valence-electron chi connectivity index (χ4n) is 10.0. The van der Waals surface area contributed by atoms with Crippen LogP contribution in [0.2, 0.25) is 0 Å². The van der Waals surface area contributed by atoms with Gasteiger partial charge >= 0.3 is 17.9 Å². The van der Waals surface area contributed by atoms with Crippen molar-refractivity contribution in [2.45, 2.75) is 374 Å². The molecular formula is C69H128O6. The highest BCUT2D eigenvalue weighted by Gasteiger charge is 2.19. The number of hydrogen-bond donors (Lipinski definition) is 0. The van der Waals surface area contributed by atoms with Gasteiger partial charge in [-0.3, -0.25) is 14.4 Å². The van der Waals surface area contributed by atoms with E-state index in [2.05, 4.69) is 57.2 Å². The summed E-state index contributed by atoms with van der Waals surface area (Å²) < 4.78 is 16.8. The lowest BCUT2D eigenvalue weighted by molar-refractivity contribution is -0.167. The van der Waals surface area contributed by atoms with Gasteiger partial charge in [-0.2, -0.15) is 0 Å². The lowest BCUT2D eigenvalue weighted by Gasteiger charge is -2.18. The topological polar surface area (TPSA) is 78.9 Å². The van der Waals surface area contributed by atoms with Crippen LogP contribution in [0.4, 0.5) is 0 Å². The monoisotopic (exact) mass is 1050 g/mol. The van der Waals surface area contributed by atoms with E-state index in [0.717, 1.165) is 77.0 Å². The standard InChI is InChI=1S/C69H128O6/c1-4-7-10-13-16-19-22-24-25-26-27-28-29-30-31-32-33-34-35-36-37-38-39-40-41-42-43-44-45-46-48-50-53-56-59-62-68(71)74-65-66(64-73-67(70)61-58-55-52-49-21-18-15-12-9-6-3)75-69(72)63-60-57-54-51-47-23-20-17-14-11-8-5-2/h12,15,17,20,26-27,66H,4-11,13-14,16,18-19,21-25,28-65H2,1-3H3/b15-12-,20-17-,27-26-. The molecule has 0 aromatic carbocycles. The quantitative estimate of drug-likeness (QED) is 0.0261. The Balaban J connectivity index is 3.94. The Hall–Kier alpha value is -2.37. The molecule has 6 nitrogen and oxygen atoms in total. The molecular weight excluding hydrogens is 925 g/mol. The number of esters is 3. The van der Waals surface area contributed by atoms with Gasteiger partial charge in [0.05, 0.1) is 0 Å². The highest BCUT2D eigenvalue weighted by atomic mass is 16.6. The SMILES string of the molecule is CCC/C=C\CCCCCCCC(=O)OCC(COC(=O)CCCCCCCCCCCCCCCCCCCCCCCCC/C=C\CCCCCCCCCC)OC(=O)CCCCCCC/C=C\CCCCC. The van der Waals surface area contributed by atoms with E-state index < -0.39 is 6.10 Å². The molecule has 6 heteroatoms. The summed E-state index contributed by atoms with van der Waals surface area (Å²) in [4.78, 5) is 38.1. The van der Waals surface area contributed by atoms with Crippen LogP contribution in [0.15, 0.2) is 36.5 Å². The molecule has 0 aliphatic heterocycles. The van der Waals surface area contributed by atoms with Crippen LogP contribution < -0.4 is 0 Å². The van der Waals surface area contributed by atoms with E-state index in [0.29, 0.717) is 19.3 Å². The Labute approximate surface area is 467 Å². The zero-order chi connectivity index (χ0) is 54.3. The van der Waals surface area contributed by atoms with Crippen molar-refractivity contribution in [1.82, 2.24) is 0 Å². The summed E-state index contributed by atoms with van der Waals surface area (Å²) in [5.74, 6) is -0.877. The third kappa shape index (κ3) is 62.4. The molecule has 1 unspecified atom stereocenters. The summed E-state index contributed by atoms with van der Waals surface area (Å²) in [5, 5.41) is 0. The van der Waals surface area contributed by atoms with Gasteiger partial charge in [0.15, 0.2) is 6.10 Å². The second-order valence-electron chi connectivity index (χ2n) is 22.7. The Morgan fingerprint density at radius 2 is 0.467 bits per heavy atom. The third-order valence-electron chi connectivity index (χ3n) is 15.1. The van der Waals surface area contributed by atoms with Gasteiger partial charge in [0.25, 0.3) is 0 Å². The molecule has 0 saturated carbocycles. The van der Waals surface area contributed by atoms with Crippen molar-refractivity contribution in [2.75, 3.05) is 13.2 Å². The van der Waals surface area contributed by atoms with E-state index in [1.165, 1.54) is 250 Å². The molecule has 1 atom stereocenters. The molecule has 0 saturated heterocycles. The Bertz CT molecular complexity index is 1250. The molecule has 0 fully saturated rings. The van der Waals surface area contributed by atoms with Gasteiger partial charge in [0.1, 0.15) is 13.2 Å². The van der Waals surface area contributed by atoms with Crippen LogP contribution >= 0.6 is 0 Å². The number of rotatable bonds is 62. The van der Waals surface area contributed by atoms with Crippen LogP contribution in [0.3, 0.4) is 0 Å². The van der Waals surface area contributed by atoms with E-state index >= 15 is 0 Å². The number of hydrogen-bond acceptors (Lipinski definition) is 6. The lowest BCUT2D eigenvalue weighted by Crippen LogP contribution is -2.30. The van der Waals surface area contributed by atoms with Crippen molar-refractivity contribution >= 4 is 17.9 Å². The maximum Gasteiger partial charge on any atom is 0.306 e. The van der Waals surface area contributed by atoms with Gasteiger partial charge in [-0.1, -0.05) is 295 Å². The predicted octanol–water partition coefficient (Wildman–Crippen LogP) is 22.8. The molecule has 0 aromatic heterocycles. The summed E-state index contributed by atoms with van der Waals surface area (Å²) in [7, 11) is 0. The van der Waals surface area contributed by atoms with Crippen LogP contribution in [0.1, 0.15) is 367 Å². The maximum absolute atomic E-state index is 12.8. The molecule has 0 N–H and O–H groups in total. The van der Waals surface area contributed by atoms with Crippen molar-refractivity contribution in [1.29, 1.82) is 0 Å². The first kappa shape index (κ1) is 72.6. The summed E-state index contributed by atoms with van der Waals surface area (Å²) in [6.45, 7) is 6.58. The smallest absolute Gasteiger partial charge is 0.306 e. The zero-order valence-electron chi connectivity index (χ0n) is 50.6. The van der Waals surface area contributed by atoms with Gasteiger partial charge in [-0.15, -0.1) is 0 Å². The summed E-state index contributed by atoms with van der Waals surface area (Å²) >= 11 is 0. The minimum atomic E-state index is -0.776. The first-order valence-corrected chi connectivity index (χ1v) is 33.5. The second-order valence-corrected chi connectivity index (χ2v) is 22.7. The molecule has 0 spiro atoms. The summed E-state index contributed by atoms with van der Waals surface area (Å²) in [5.41, 5.74) is 0. The van der Waals surface area contributed by atoms with Crippen molar-refractivity contribution in [3.05, 3.63) is 36.5 Å². The Morgan fingerprint density at radius 3 is 0.747 bits per heavy atom. The van der Waals surface area contributed by atoms with Gasteiger partial charge in [-0.05, 0) is 89.9 Å². The molecule has 0 amide bonds. The number of carbonyl (C=O) groups excluding carboxylic acids is 3. The van der Waals surface area contributed by atoms with Crippen LogP contribution in [-0.2, 0) is 28.6 Å². The minimum absolute atomic E-state index is 0.0744. The van der Waals surface area contributed by atoms with Crippen LogP contribution in [-0.4, -0.2) is 37.2 Å². The van der Waals surface area contributed by atoms with Crippen molar-refractivity contribution in [3.63, 3.8) is 0 Å². The lowest BCUT2D eigenvalue weighted by atomic mass is 10.0. The van der Waals surface area contributed by atoms with Crippen molar-refractivity contribution in [3.8, 4) is 0 Å². The minimum Gasteiger partial charge on any atom is -0.462 e. The predicted molar refractivity (Wildman–Crippen MR) is 326 cm³/mol. The molecule has 0 aromatic rings. The average molecular weight is 1050 g/mol. The molecule has 440 valence electrons. The Kier molecular flexibility index (Phi) is 62.1. The fraction of sp³-hybridized carbons (Fsp3) is 0.870. The van der Waals surface area contributed by atoms with E-state index in [1.807, 2.05) is 0 Å². The molecule has 0 radical (unpaired) electrons. The molecule has 0 aliphatic rings. The molecule has 0 bridgehead atoms. The third-order valence-corrected chi connectivity index (χ3v) is 15.1. The number of unbranched alkanes of at least 4 members (excludes halogenated alkanes) is 45. The maximum atomic E-state index is 12.8. The van der Waals surface area contributed by atoms with E-state index in [-0.39, 0.29) is 31.1 Å². The molecule has 0 aliphatic carbocycles. The highest BCUT2D eigenvalue weighted by Crippen LogP contribution is 2.18. The second kappa shape index (κ2) is 64.2. The number of allylic oxidation sites excluding steroid dienone is 6. The first-order chi connectivity index (χ1) is 37.0. The van der Waals surface area contributed by atoms with Crippen LogP contribution in [0, 0.1) is 0 Å². The average Bonchev–Trinajstić information content (AvgIpc) is 3.41. The molecule has 75 heavy (non-hydrogen) atoms. The largest absolute Gasteiger partial charge is 0.462 e. The number of carbonyl (C=O) groups is 3. The first-order valence-electron chi connectivity index (χ1n) is 33.5. The fourth-order valence-corrected chi connectivity index (χ4v) is 10.0. The Morgan fingerprint density at radius 1 is 0.253 bits per heavy atom. The van der Waals surface area contributed by atoms with Crippen molar-refractivity contribution in [2.24, 2.45) is 0 Å². The molecule has 0 heterocycles. The van der Waals surface area contributed by atoms with Gasteiger partial charge in [0.2, 0.25) is 0 Å². The zero-order valence-corrected chi connectivity index (χ0v) is 50.6. The summed E-state index contributed by atoms with van der Waals surface area (Å²) in [6, 6.07) is 0. The summed E-state index contributed by atoms with van der Waals surface area (Å²) in [6.07, 6.45) is 79.2. The van der Waals surface area contributed by atoms with Crippen LogP contribution in [0.25, 0.3) is 0 Å². The van der Waals surface area contributed by atoms with Crippen molar-refractivity contribution < 1.29 is 28.6 Å². The van der Waals surface area contributed by atoms with E-state index in [9.17, 15) is 14.4 Å². The van der Waals surface area contributed by atoms with Crippen LogP contribution in [0.5, 0.6) is 0 Å². The van der Waals surface area contributed by atoms with E-state index in [4.69, 9.17) is 14.2 Å². The number of ether oxygens (including phenoxy) is 3.